The van der Waals surface area contributed by atoms with Crippen LogP contribution in [0.25, 0.3) is 0 Å². The highest BCUT2D eigenvalue weighted by Gasteiger charge is 2.30. The van der Waals surface area contributed by atoms with Crippen LogP contribution in [0, 0.1) is 5.92 Å². The maximum Gasteiger partial charge on any atom is 0.408 e. The number of benzene rings is 1. The highest BCUT2D eigenvalue weighted by molar-refractivity contribution is 5.93. The zero-order valence-electron chi connectivity index (χ0n) is 22.6. The predicted molar refractivity (Wildman–Crippen MR) is 140 cm³/mol. The van der Waals surface area contributed by atoms with Crippen LogP contribution in [0.5, 0.6) is 0 Å². The second kappa shape index (κ2) is 15.2. The van der Waals surface area contributed by atoms with Crippen LogP contribution in [-0.2, 0) is 25.5 Å². The molecule has 5 N–H and O–H groups in total. The Morgan fingerprint density at radius 1 is 0.889 bits per heavy atom. The quantitative estimate of drug-likeness (QED) is 0.287. The minimum absolute atomic E-state index is 0.0976. The number of amides is 3. The van der Waals surface area contributed by atoms with Crippen molar-refractivity contribution in [3.05, 3.63) is 35.9 Å². The number of nitrogens with two attached hydrogens (primary N) is 1. The van der Waals surface area contributed by atoms with Gasteiger partial charge in [-0.15, -0.1) is 0 Å². The molecule has 1 rings (SSSR count). The lowest BCUT2D eigenvalue weighted by Crippen LogP contribution is -2.56. The van der Waals surface area contributed by atoms with Crippen molar-refractivity contribution in [3.8, 4) is 0 Å². The number of rotatable bonds is 14. The fourth-order valence-corrected chi connectivity index (χ4v) is 3.63. The van der Waals surface area contributed by atoms with Crippen LogP contribution in [0.3, 0.4) is 0 Å². The highest BCUT2D eigenvalue weighted by atomic mass is 16.6. The van der Waals surface area contributed by atoms with Gasteiger partial charge in [-0.2, -0.15) is 0 Å². The first-order chi connectivity index (χ1) is 16.8. The molecule has 1 aromatic carbocycles. The molecule has 9 nitrogen and oxygen atoms in total. The predicted octanol–water partition coefficient (Wildman–Crippen LogP) is 2.86. The largest absolute Gasteiger partial charge is 0.444 e. The Morgan fingerprint density at radius 2 is 1.47 bits per heavy atom. The Hall–Kier alpha value is -2.94. The van der Waals surface area contributed by atoms with Gasteiger partial charge in [0.2, 0.25) is 11.8 Å². The molecular weight excluding hydrogens is 460 g/mol. The molecule has 0 aromatic heterocycles. The smallest absolute Gasteiger partial charge is 0.408 e. The van der Waals surface area contributed by atoms with Crippen molar-refractivity contribution >= 4 is 23.7 Å². The van der Waals surface area contributed by atoms with Crippen molar-refractivity contribution < 1.29 is 23.9 Å². The molecule has 3 amide bonds. The Morgan fingerprint density at radius 3 is 2.00 bits per heavy atom. The van der Waals surface area contributed by atoms with E-state index in [4.69, 9.17) is 10.5 Å². The molecule has 202 valence electrons. The van der Waals surface area contributed by atoms with Crippen LogP contribution in [-0.4, -0.2) is 54.0 Å². The van der Waals surface area contributed by atoms with Crippen molar-refractivity contribution in [1.82, 2.24) is 16.0 Å². The van der Waals surface area contributed by atoms with Gasteiger partial charge in [-0.05, 0) is 71.4 Å². The summed E-state index contributed by atoms with van der Waals surface area (Å²) in [6, 6.07) is 6.80. The molecule has 0 radical (unpaired) electrons. The molecule has 0 fully saturated rings. The van der Waals surface area contributed by atoms with E-state index in [0.29, 0.717) is 25.8 Å². The Kier molecular flexibility index (Phi) is 13.2. The standard InChI is InChI=1S/C27H44N4O5/c1-18(2)16-22(24(33)29-21(19(3)32)14-10-11-15-28)30-25(34)23(17-20-12-8-7-9-13-20)31-26(35)36-27(4,5)6/h7-9,12-13,18,21-23H,10-11,14-17,28H2,1-6H3,(H,29,33)(H,30,34)(H,31,35)/t21-,22-,23+/m0/s1. The molecule has 0 aliphatic rings. The van der Waals surface area contributed by atoms with Crippen LogP contribution in [0.1, 0.15) is 72.8 Å². The molecule has 0 saturated carbocycles. The van der Waals surface area contributed by atoms with E-state index >= 15 is 0 Å². The van der Waals surface area contributed by atoms with Gasteiger partial charge in [0.25, 0.3) is 0 Å². The second-order valence-corrected chi connectivity index (χ2v) is 10.5. The van der Waals surface area contributed by atoms with Gasteiger partial charge < -0.3 is 26.4 Å². The zero-order valence-corrected chi connectivity index (χ0v) is 22.6. The molecule has 1 aromatic rings. The number of carbonyl (C=O) groups excluding carboxylic acids is 4. The van der Waals surface area contributed by atoms with Crippen molar-refractivity contribution in [2.24, 2.45) is 11.7 Å². The minimum atomic E-state index is -0.960. The van der Waals surface area contributed by atoms with E-state index in [-0.39, 0.29) is 18.1 Å². The third-order valence-electron chi connectivity index (χ3n) is 5.38. The van der Waals surface area contributed by atoms with E-state index in [1.807, 2.05) is 44.2 Å². The SMILES string of the molecule is CC(=O)[C@H](CCCCN)NC(=O)[C@H](CC(C)C)NC(=O)[C@@H](Cc1ccccc1)NC(=O)OC(C)(C)C. The number of nitrogens with one attached hydrogen (secondary N) is 3. The van der Waals surface area contributed by atoms with E-state index in [1.165, 1.54) is 6.92 Å². The minimum Gasteiger partial charge on any atom is -0.444 e. The summed E-state index contributed by atoms with van der Waals surface area (Å²) in [6.07, 6.45) is 1.81. The summed E-state index contributed by atoms with van der Waals surface area (Å²) in [6.45, 7) is 11.0. The summed E-state index contributed by atoms with van der Waals surface area (Å²) in [5, 5.41) is 8.23. The summed E-state index contributed by atoms with van der Waals surface area (Å²) in [7, 11) is 0. The first kappa shape index (κ1) is 31.1. The second-order valence-electron chi connectivity index (χ2n) is 10.5. The summed E-state index contributed by atoms with van der Waals surface area (Å²) >= 11 is 0. The first-order valence-corrected chi connectivity index (χ1v) is 12.7. The van der Waals surface area contributed by atoms with Crippen LogP contribution in [0.2, 0.25) is 0 Å². The van der Waals surface area contributed by atoms with Crippen molar-refractivity contribution in [1.29, 1.82) is 0 Å². The average Bonchev–Trinajstić information content (AvgIpc) is 2.76. The average molecular weight is 505 g/mol. The number of ether oxygens (including phenoxy) is 1. The number of alkyl carbamates (subject to hydrolysis) is 1. The molecule has 0 spiro atoms. The number of hydrogen-bond acceptors (Lipinski definition) is 6. The van der Waals surface area contributed by atoms with E-state index in [9.17, 15) is 19.2 Å². The van der Waals surface area contributed by atoms with Crippen LogP contribution in [0.4, 0.5) is 4.79 Å². The normalized spacial score (nSPS) is 13.9. The number of Topliss-reactive ketones (excluding diaryl/α,β-unsaturated/α-hetero) is 1. The lowest BCUT2D eigenvalue weighted by Gasteiger charge is -2.27. The van der Waals surface area contributed by atoms with Gasteiger partial charge in [-0.1, -0.05) is 44.2 Å². The molecule has 9 heteroatoms. The van der Waals surface area contributed by atoms with E-state index in [0.717, 1.165) is 12.0 Å². The Bertz CT molecular complexity index is 851. The van der Waals surface area contributed by atoms with Crippen LogP contribution >= 0.6 is 0 Å². The Labute approximate surface area is 215 Å². The Balaban J connectivity index is 3.04. The number of unbranched alkanes of at least 4 members (excludes halogenated alkanes) is 1. The van der Waals surface area contributed by atoms with Gasteiger partial charge in [-0.3, -0.25) is 14.4 Å². The van der Waals surface area contributed by atoms with Gasteiger partial charge >= 0.3 is 6.09 Å². The molecule has 0 heterocycles. The van der Waals surface area contributed by atoms with Crippen molar-refractivity contribution in [2.75, 3.05) is 6.54 Å². The number of carbonyl (C=O) groups is 4. The fraction of sp³-hybridized carbons (Fsp3) is 0.630. The lowest BCUT2D eigenvalue weighted by atomic mass is 10.00. The topological polar surface area (TPSA) is 140 Å². The molecule has 0 bridgehead atoms. The van der Waals surface area contributed by atoms with Gasteiger partial charge in [0, 0.05) is 6.42 Å². The van der Waals surface area contributed by atoms with Crippen molar-refractivity contribution in [3.63, 3.8) is 0 Å². The lowest BCUT2D eigenvalue weighted by molar-refractivity contribution is -0.132. The number of ketones is 1. The van der Waals surface area contributed by atoms with Crippen molar-refractivity contribution in [2.45, 2.75) is 97.4 Å². The van der Waals surface area contributed by atoms with Crippen LogP contribution < -0.4 is 21.7 Å². The monoisotopic (exact) mass is 504 g/mol. The molecule has 3 atom stereocenters. The highest BCUT2D eigenvalue weighted by Crippen LogP contribution is 2.11. The molecular formula is C27H44N4O5. The third kappa shape index (κ3) is 12.7. The van der Waals surface area contributed by atoms with E-state index < -0.39 is 41.6 Å². The zero-order chi connectivity index (χ0) is 27.3. The summed E-state index contributed by atoms with van der Waals surface area (Å²) < 4.78 is 5.34. The molecule has 36 heavy (non-hydrogen) atoms. The van der Waals surface area contributed by atoms with Gasteiger partial charge in [-0.25, -0.2) is 4.79 Å². The third-order valence-corrected chi connectivity index (χ3v) is 5.38. The van der Waals surface area contributed by atoms with E-state index in [2.05, 4.69) is 16.0 Å². The summed E-state index contributed by atoms with van der Waals surface area (Å²) in [5.74, 6) is -0.988. The maximum absolute atomic E-state index is 13.3. The molecule has 0 saturated heterocycles. The molecule has 0 unspecified atom stereocenters. The fourth-order valence-electron chi connectivity index (χ4n) is 3.63. The van der Waals surface area contributed by atoms with Crippen LogP contribution in [0.15, 0.2) is 30.3 Å². The summed E-state index contributed by atoms with van der Waals surface area (Å²) in [4.78, 5) is 51.0. The van der Waals surface area contributed by atoms with Gasteiger partial charge in [0.1, 0.15) is 17.7 Å². The number of hydrogen-bond donors (Lipinski definition) is 4. The van der Waals surface area contributed by atoms with E-state index in [1.54, 1.807) is 20.8 Å². The van der Waals surface area contributed by atoms with Gasteiger partial charge in [0.15, 0.2) is 5.78 Å². The summed E-state index contributed by atoms with van der Waals surface area (Å²) in [5.41, 5.74) is 5.65. The maximum atomic E-state index is 13.3. The van der Waals surface area contributed by atoms with Gasteiger partial charge in [0.05, 0.1) is 6.04 Å². The molecule has 0 aliphatic carbocycles. The first-order valence-electron chi connectivity index (χ1n) is 12.7. The molecule has 0 aliphatic heterocycles.